The average Bonchev–Trinajstić information content (AvgIpc) is 3.47. The number of ether oxygens (including phenoxy) is 1. The van der Waals surface area contributed by atoms with E-state index < -0.39 is 70.4 Å². The third-order valence-corrected chi connectivity index (χ3v) is 6.74. The van der Waals surface area contributed by atoms with Crippen molar-refractivity contribution in [2.45, 2.75) is 17.6 Å². The van der Waals surface area contributed by atoms with Crippen molar-refractivity contribution in [1.29, 1.82) is 0 Å². The molecule has 2 unspecified atom stereocenters. The van der Waals surface area contributed by atoms with Gasteiger partial charge in [-0.25, -0.2) is 18.4 Å². The number of benzene rings is 2. The number of nitrogens with one attached hydrogen (secondary N) is 4. The molecule has 0 aliphatic carbocycles. The summed E-state index contributed by atoms with van der Waals surface area (Å²) in [6, 6.07) is 5.52. The summed E-state index contributed by atoms with van der Waals surface area (Å²) in [4.78, 5) is 62.9. The predicted molar refractivity (Wildman–Crippen MR) is 128 cm³/mol. The predicted octanol–water partition coefficient (Wildman–Crippen LogP) is -0.447. The van der Waals surface area contributed by atoms with E-state index in [1.165, 1.54) is 24.3 Å². The van der Waals surface area contributed by atoms with E-state index in [4.69, 9.17) is 10.5 Å². The summed E-state index contributed by atoms with van der Waals surface area (Å²) in [5.74, 6) is 0.314. The number of imide groups is 2. The van der Waals surface area contributed by atoms with E-state index in [2.05, 4.69) is 33.1 Å². The van der Waals surface area contributed by atoms with Gasteiger partial charge < -0.3 is 26.0 Å². The first-order chi connectivity index (χ1) is 18.5. The lowest BCUT2D eigenvalue weighted by Gasteiger charge is -2.26. The van der Waals surface area contributed by atoms with Crippen LogP contribution in [0.25, 0.3) is 0 Å². The number of carbonyl (C=O) groups excluding carboxylic acids is 5. The molecule has 14 heteroatoms. The van der Waals surface area contributed by atoms with Gasteiger partial charge in [-0.05, 0) is 29.3 Å². The number of halogens is 2. The molecule has 7 amide bonds. The Labute approximate surface area is 219 Å². The molecule has 2 aromatic rings. The average molecular weight is 538 g/mol. The molecule has 3 aliphatic rings. The van der Waals surface area contributed by atoms with Crippen molar-refractivity contribution in [2.24, 2.45) is 5.73 Å². The molecule has 3 aliphatic heterocycles. The molecule has 3 heterocycles. The summed E-state index contributed by atoms with van der Waals surface area (Å²) < 4.78 is 33.7. The lowest BCUT2D eigenvalue weighted by Crippen LogP contribution is -2.54. The van der Waals surface area contributed by atoms with Crippen molar-refractivity contribution in [2.75, 3.05) is 20.2 Å². The highest BCUT2D eigenvalue weighted by atomic mass is 19.1. The Kier molecular flexibility index (Phi) is 5.95. The van der Waals surface area contributed by atoms with Gasteiger partial charge in [0.15, 0.2) is 22.9 Å². The van der Waals surface area contributed by atoms with E-state index in [0.29, 0.717) is 11.1 Å². The van der Waals surface area contributed by atoms with Gasteiger partial charge in [0.25, 0.3) is 17.7 Å². The molecule has 12 nitrogen and oxygen atoms in total. The van der Waals surface area contributed by atoms with Crippen molar-refractivity contribution in [3.63, 3.8) is 0 Å². The standard InChI is InChI=1S/C25H20F2N6O6/c1-39-18-15(26)8-13-9-33(19(34)16(13)17(18)27)11-24(20(35)29-22(37)31-24)7-6-12-2-4-14(5-3-12)25(10-28)21(36)30-23(38)32-25/h2-5,8H,9-11,28H2,1H3,(H2,29,31,35,37)(H2,30,32,36,38). The van der Waals surface area contributed by atoms with Gasteiger partial charge in [-0.15, -0.1) is 0 Å². The normalized spacial score (nSPS) is 23.5. The highest BCUT2D eigenvalue weighted by Gasteiger charge is 2.49. The lowest BCUT2D eigenvalue weighted by molar-refractivity contribution is -0.124. The van der Waals surface area contributed by atoms with Crippen molar-refractivity contribution in [1.82, 2.24) is 26.2 Å². The molecule has 6 N–H and O–H groups in total. The van der Waals surface area contributed by atoms with Gasteiger partial charge >= 0.3 is 12.1 Å². The van der Waals surface area contributed by atoms with Gasteiger partial charge in [0.2, 0.25) is 5.54 Å². The maximum atomic E-state index is 14.8. The Morgan fingerprint density at radius 1 is 1.03 bits per heavy atom. The summed E-state index contributed by atoms with van der Waals surface area (Å²) in [7, 11) is 1.06. The number of urea groups is 2. The molecule has 2 aromatic carbocycles. The second kappa shape index (κ2) is 9.07. The largest absolute Gasteiger partial charge is 0.491 e. The van der Waals surface area contributed by atoms with Gasteiger partial charge in [-0.3, -0.25) is 25.0 Å². The van der Waals surface area contributed by atoms with Crippen LogP contribution in [0, 0.1) is 23.5 Å². The smallest absolute Gasteiger partial charge is 0.323 e. The van der Waals surface area contributed by atoms with E-state index in [1.54, 1.807) is 0 Å². The second-order valence-electron chi connectivity index (χ2n) is 9.06. The van der Waals surface area contributed by atoms with Crippen molar-refractivity contribution >= 4 is 29.8 Å². The third-order valence-electron chi connectivity index (χ3n) is 6.74. The third kappa shape index (κ3) is 3.99. The highest BCUT2D eigenvalue weighted by Crippen LogP contribution is 2.34. The first-order valence-corrected chi connectivity index (χ1v) is 11.5. The van der Waals surface area contributed by atoms with Crippen LogP contribution in [0.3, 0.4) is 0 Å². The molecule has 2 atom stereocenters. The highest BCUT2D eigenvalue weighted by molar-refractivity contribution is 6.10. The Bertz CT molecular complexity index is 1530. The number of methoxy groups -OCH3 is 1. The SMILES string of the molecule is COc1c(F)cc2c(c1F)C(=O)N(CC1(C#Cc3ccc(C4(CN)NC(=O)NC4=O)cc3)NC(=O)NC1=O)C2. The van der Waals surface area contributed by atoms with Gasteiger partial charge in [-0.2, -0.15) is 0 Å². The molecule has 39 heavy (non-hydrogen) atoms. The zero-order valence-corrected chi connectivity index (χ0v) is 20.2. The molecule has 0 aromatic heterocycles. The Balaban J connectivity index is 1.44. The first-order valence-electron chi connectivity index (χ1n) is 11.5. The summed E-state index contributed by atoms with van der Waals surface area (Å²) >= 11 is 0. The molecular weight excluding hydrogens is 518 g/mol. The Morgan fingerprint density at radius 3 is 2.26 bits per heavy atom. The minimum absolute atomic E-state index is 0.0519. The van der Waals surface area contributed by atoms with Crippen molar-refractivity contribution in [3.05, 3.63) is 64.2 Å². The molecule has 0 spiro atoms. The maximum Gasteiger partial charge on any atom is 0.323 e. The van der Waals surface area contributed by atoms with E-state index >= 15 is 0 Å². The van der Waals surface area contributed by atoms with Crippen molar-refractivity contribution < 1.29 is 37.5 Å². The fraction of sp³-hybridized carbons (Fsp3) is 0.240. The molecule has 200 valence electrons. The van der Waals surface area contributed by atoms with E-state index in [-0.39, 0.29) is 18.7 Å². The van der Waals surface area contributed by atoms with Gasteiger partial charge in [-0.1, -0.05) is 24.0 Å². The maximum absolute atomic E-state index is 14.8. The summed E-state index contributed by atoms with van der Waals surface area (Å²) in [6.45, 7) is -0.898. The monoisotopic (exact) mass is 538 g/mol. The van der Waals surface area contributed by atoms with Crippen LogP contribution in [0.15, 0.2) is 30.3 Å². The van der Waals surface area contributed by atoms with E-state index in [0.717, 1.165) is 18.1 Å². The van der Waals surface area contributed by atoms with Crippen LogP contribution in [-0.2, 0) is 21.7 Å². The minimum Gasteiger partial charge on any atom is -0.491 e. The van der Waals surface area contributed by atoms with Gasteiger partial charge in [0, 0.05) is 18.7 Å². The zero-order chi connectivity index (χ0) is 28.1. The quantitative estimate of drug-likeness (QED) is 0.253. The first kappa shape index (κ1) is 25.6. The van der Waals surface area contributed by atoms with Crippen LogP contribution in [0.5, 0.6) is 5.75 Å². The number of amides is 7. The van der Waals surface area contributed by atoms with Crippen LogP contribution in [0.1, 0.15) is 27.0 Å². The van der Waals surface area contributed by atoms with Crippen LogP contribution in [-0.4, -0.2) is 60.4 Å². The molecule has 0 radical (unpaired) electrons. The number of hydrogen-bond donors (Lipinski definition) is 5. The van der Waals surface area contributed by atoms with Gasteiger partial charge in [0.05, 0.1) is 19.2 Å². The van der Waals surface area contributed by atoms with Crippen LogP contribution in [0.4, 0.5) is 18.4 Å². The lowest BCUT2D eigenvalue weighted by atomic mass is 9.89. The topological polar surface area (TPSA) is 172 Å². The number of nitrogens with zero attached hydrogens (tertiary/aromatic N) is 1. The minimum atomic E-state index is -1.90. The van der Waals surface area contributed by atoms with E-state index in [1.807, 2.05) is 0 Å². The summed E-state index contributed by atoms with van der Waals surface area (Å²) in [6.07, 6.45) is 0. The molecule has 2 fully saturated rings. The molecule has 2 saturated heterocycles. The molecule has 0 saturated carbocycles. The fourth-order valence-corrected chi connectivity index (χ4v) is 4.75. The number of carbonyl (C=O) groups is 5. The second-order valence-corrected chi connectivity index (χ2v) is 9.06. The summed E-state index contributed by atoms with van der Waals surface area (Å²) in [5, 5.41) is 9.14. The molecule has 5 rings (SSSR count). The van der Waals surface area contributed by atoms with Crippen LogP contribution in [0.2, 0.25) is 0 Å². The molecule has 0 bridgehead atoms. The van der Waals surface area contributed by atoms with Crippen LogP contribution < -0.4 is 31.7 Å². The van der Waals surface area contributed by atoms with E-state index in [9.17, 15) is 32.8 Å². The fourth-order valence-electron chi connectivity index (χ4n) is 4.75. The van der Waals surface area contributed by atoms with Crippen molar-refractivity contribution in [3.8, 4) is 17.6 Å². The number of nitrogens with two attached hydrogens (primary N) is 1. The zero-order valence-electron chi connectivity index (χ0n) is 20.2. The number of rotatable bonds is 5. The Morgan fingerprint density at radius 2 is 1.69 bits per heavy atom. The van der Waals surface area contributed by atoms with Gasteiger partial charge in [0.1, 0.15) is 0 Å². The number of hydrogen-bond acceptors (Lipinski definition) is 7. The molecular formula is C25H20F2N6O6. The number of fused-ring (bicyclic) bond motifs is 1. The summed E-state index contributed by atoms with van der Waals surface area (Å²) in [5.41, 5.74) is 2.82. The Hall–Kier alpha value is -5.03. The van der Waals surface area contributed by atoms with Crippen LogP contribution >= 0.6 is 0 Å².